The molecule has 100 valence electrons. The van der Waals surface area contributed by atoms with Gasteiger partial charge < -0.3 is 14.3 Å². The molecule has 18 heavy (non-hydrogen) atoms. The number of hydrogen-bond donors (Lipinski definition) is 1. The molecule has 1 aliphatic heterocycles. The Morgan fingerprint density at radius 2 is 2.11 bits per heavy atom. The molecule has 4 heteroatoms. The monoisotopic (exact) mass is 270 g/mol. The molecule has 2 heterocycles. The van der Waals surface area contributed by atoms with Crippen molar-refractivity contribution in [1.82, 2.24) is 0 Å². The van der Waals surface area contributed by atoms with Gasteiger partial charge in [0.15, 0.2) is 5.22 Å². The molecule has 0 amide bonds. The van der Waals surface area contributed by atoms with E-state index in [1.807, 2.05) is 0 Å². The number of ether oxygens (including phenoxy) is 1. The zero-order valence-corrected chi connectivity index (χ0v) is 11.2. The third-order valence-corrected chi connectivity index (χ3v) is 4.58. The highest BCUT2D eigenvalue weighted by atomic mass is 35.5. The van der Waals surface area contributed by atoms with Gasteiger partial charge in [0.25, 0.3) is 0 Å². The van der Waals surface area contributed by atoms with Crippen LogP contribution in [0.5, 0.6) is 0 Å². The average molecular weight is 271 g/mol. The first kappa shape index (κ1) is 12.5. The number of halogens is 1. The van der Waals surface area contributed by atoms with Gasteiger partial charge in [-0.3, -0.25) is 0 Å². The van der Waals surface area contributed by atoms with Crippen molar-refractivity contribution in [2.75, 3.05) is 6.61 Å². The Labute approximate surface area is 112 Å². The fraction of sp³-hybridized carbons (Fsp3) is 0.714. The van der Waals surface area contributed by atoms with E-state index in [0.29, 0.717) is 11.0 Å². The second kappa shape index (κ2) is 4.87. The van der Waals surface area contributed by atoms with Gasteiger partial charge in [-0.2, -0.15) is 0 Å². The molecule has 1 saturated heterocycles. The van der Waals surface area contributed by atoms with Gasteiger partial charge in [-0.1, -0.05) is 12.8 Å². The standard InChI is InChI=1S/C14H19ClO3/c15-12-4-3-11(18-12)13(16)10-5-8-17-14(9-10)6-1-2-7-14/h3-4,10,13,16H,1-2,5-9H2. The van der Waals surface area contributed by atoms with Crippen LogP contribution in [0.25, 0.3) is 0 Å². The fourth-order valence-electron chi connectivity index (χ4n) is 3.42. The normalized spacial score (nSPS) is 28.7. The van der Waals surface area contributed by atoms with Crippen LogP contribution in [0.1, 0.15) is 50.4 Å². The number of aliphatic hydroxyl groups excluding tert-OH is 1. The molecule has 3 rings (SSSR count). The zero-order chi connectivity index (χ0) is 12.6. The summed E-state index contributed by atoms with van der Waals surface area (Å²) in [6.45, 7) is 0.746. The van der Waals surface area contributed by atoms with Crippen LogP contribution in [-0.2, 0) is 4.74 Å². The summed E-state index contributed by atoms with van der Waals surface area (Å²) in [6, 6.07) is 3.45. The van der Waals surface area contributed by atoms with E-state index in [0.717, 1.165) is 32.3 Å². The minimum atomic E-state index is -0.557. The lowest BCUT2D eigenvalue weighted by atomic mass is 9.81. The second-order valence-corrected chi connectivity index (χ2v) is 5.95. The molecule has 1 aromatic heterocycles. The lowest BCUT2D eigenvalue weighted by Crippen LogP contribution is -2.39. The number of furan rings is 1. The van der Waals surface area contributed by atoms with Crippen molar-refractivity contribution in [1.29, 1.82) is 0 Å². The maximum Gasteiger partial charge on any atom is 0.193 e. The van der Waals surface area contributed by atoms with E-state index in [1.54, 1.807) is 12.1 Å². The van der Waals surface area contributed by atoms with Crippen molar-refractivity contribution < 1.29 is 14.3 Å². The minimum Gasteiger partial charge on any atom is -0.447 e. The SMILES string of the molecule is OC(c1ccc(Cl)o1)C1CCOC2(CCCC2)C1. The fourth-order valence-corrected chi connectivity index (χ4v) is 3.57. The van der Waals surface area contributed by atoms with Gasteiger partial charge in [0.2, 0.25) is 0 Å². The van der Waals surface area contributed by atoms with Gasteiger partial charge in [-0.05, 0) is 55.3 Å². The summed E-state index contributed by atoms with van der Waals surface area (Å²) in [5.41, 5.74) is 0.0281. The lowest BCUT2D eigenvalue weighted by Gasteiger charge is -2.39. The summed E-state index contributed by atoms with van der Waals surface area (Å²) >= 11 is 5.76. The van der Waals surface area contributed by atoms with Gasteiger partial charge in [0.1, 0.15) is 11.9 Å². The number of hydrogen-bond acceptors (Lipinski definition) is 3. The Kier molecular flexibility index (Phi) is 3.39. The van der Waals surface area contributed by atoms with Crippen LogP contribution in [0.2, 0.25) is 5.22 Å². The van der Waals surface area contributed by atoms with Crippen molar-refractivity contribution in [2.45, 2.75) is 50.2 Å². The van der Waals surface area contributed by atoms with Crippen molar-refractivity contribution in [2.24, 2.45) is 5.92 Å². The predicted molar refractivity (Wildman–Crippen MR) is 68.6 cm³/mol. The third kappa shape index (κ3) is 2.31. The Balaban J connectivity index is 1.72. The van der Waals surface area contributed by atoms with E-state index in [-0.39, 0.29) is 11.5 Å². The van der Waals surface area contributed by atoms with Crippen LogP contribution < -0.4 is 0 Å². The van der Waals surface area contributed by atoms with E-state index < -0.39 is 6.10 Å². The molecule has 0 aromatic carbocycles. The summed E-state index contributed by atoms with van der Waals surface area (Å²) in [7, 11) is 0. The van der Waals surface area contributed by atoms with Crippen molar-refractivity contribution in [3.05, 3.63) is 23.1 Å². The van der Waals surface area contributed by atoms with E-state index in [1.165, 1.54) is 12.8 Å². The quantitative estimate of drug-likeness (QED) is 0.891. The Bertz CT molecular complexity index is 409. The molecule has 3 nitrogen and oxygen atoms in total. The van der Waals surface area contributed by atoms with Crippen molar-refractivity contribution >= 4 is 11.6 Å². The summed E-state index contributed by atoms with van der Waals surface area (Å²) in [6.07, 6.45) is 6.03. The van der Waals surface area contributed by atoms with Gasteiger partial charge in [0, 0.05) is 6.61 Å². The number of rotatable bonds is 2. The molecule has 0 radical (unpaired) electrons. The molecule has 1 spiro atoms. The molecular formula is C14H19ClO3. The van der Waals surface area contributed by atoms with E-state index in [2.05, 4.69) is 0 Å². The topological polar surface area (TPSA) is 42.6 Å². The molecule has 1 N–H and O–H groups in total. The van der Waals surface area contributed by atoms with E-state index in [9.17, 15) is 5.11 Å². The molecule has 1 aromatic rings. The zero-order valence-electron chi connectivity index (χ0n) is 10.4. The predicted octanol–water partition coefficient (Wildman–Crippen LogP) is 3.71. The molecule has 2 aliphatic rings. The first-order valence-corrected chi connectivity index (χ1v) is 7.14. The van der Waals surface area contributed by atoms with Crippen LogP contribution in [-0.4, -0.2) is 17.3 Å². The van der Waals surface area contributed by atoms with Crippen LogP contribution in [0.4, 0.5) is 0 Å². The third-order valence-electron chi connectivity index (χ3n) is 4.38. The molecule has 0 bridgehead atoms. The van der Waals surface area contributed by atoms with Crippen LogP contribution in [0, 0.1) is 5.92 Å². The Hall–Kier alpha value is -0.510. The largest absolute Gasteiger partial charge is 0.447 e. The van der Waals surface area contributed by atoms with E-state index in [4.69, 9.17) is 20.8 Å². The first-order chi connectivity index (χ1) is 8.69. The molecule has 1 aliphatic carbocycles. The summed E-state index contributed by atoms with van der Waals surface area (Å²) in [5, 5.41) is 10.7. The molecule has 1 saturated carbocycles. The highest BCUT2D eigenvalue weighted by Crippen LogP contribution is 2.45. The molecule has 2 fully saturated rings. The van der Waals surface area contributed by atoms with Crippen LogP contribution in [0.15, 0.2) is 16.5 Å². The summed E-state index contributed by atoms with van der Waals surface area (Å²) in [5.74, 6) is 0.805. The van der Waals surface area contributed by atoms with Crippen LogP contribution >= 0.6 is 11.6 Å². The Morgan fingerprint density at radius 1 is 1.33 bits per heavy atom. The smallest absolute Gasteiger partial charge is 0.193 e. The molecule has 2 unspecified atom stereocenters. The van der Waals surface area contributed by atoms with Gasteiger partial charge in [-0.25, -0.2) is 0 Å². The van der Waals surface area contributed by atoms with E-state index >= 15 is 0 Å². The first-order valence-electron chi connectivity index (χ1n) is 6.76. The molecule has 2 atom stereocenters. The van der Waals surface area contributed by atoms with Crippen molar-refractivity contribution in [3.8, 4) is 0 Å². The maximum absolute atomic E-state index is 10.4. The Morgan fingerprint density at radius 3 is 2.78 bits per heavy atom. The lowest BCUT2D eigenvalue weighted by molar-refractivity contribution is -0.115. The van der Waals surface area contributed by atoms with Gasteiger partial charge in [0.05, 0.1) is 5.60 Å². The second-order valence-electron chi connectivity index (χ2n) is 5.58. The van der Waals surface area contributed by atoms with Crippen molar-refractivity contribution in [3.63, 3.8) is 0 Å². The summed E-state index contributed by atoms with van der Waals surface area (Å²) in [4.78, 5) is 0. The highest BCUT2D eigenvalue weighted by molar-refractivity contribution is 6.28. The minimum absolute atomic E-state index is 0.0281. The number of aliphatic hydroxyl groups is 1. The van der Waals surface area contributed by atoms with Gasteiger partial charge in [-0.15, -0.1) is 0 Å². The summed E-state index contributed by atoms with van der Waals surface area (Å²) < 4.78 is 11.3. The maximum atomic E-state index is 10.4. The molecular weight excluding hydrogens is 252 g/mol. The van der Waals surface area contributed by atoms with Crippen LogP contribution in [0.3, 0.4) is 0 Å². The van der Waals surface area contributed by atoms with Gasteiger partial charge >= 0.3 is 0 Å². The highest BCUT2D eigenvalue weighted by Gasteiger charge is 2.42. The average Bonchev–Trinajstić information content (AvgIpc) is 2.98.